The molecule has 2 atom stereocenters. The fourth-order valence-corrected chi connectivity index (χ4v) is 3.15. The van der Waals surface area contributed by atoms with Crippen LogP contribution in [0, 0.1) is 5.92 Å². The molecule has 0 aliphatic heterocycles. The van der Waals surface area contributed by atoms with Gasteiger partial charge in [-0.05, 0) is 31.7 Å². The van der Waals surface area contributed by atoms with Gasteiger partial charge in [-0.2, -0.15) is 0 Å². The lowest BCUT2D eigenvalue weighted by Gasteiger charge is -2.32. The Kier molecular flexibility index (Phi) is 5.71. The normalized spacial score (nSPS) is 23.3. The molecule has 1 saturated carbocycles. The van der Waals surface area contributed by atoms with Gasteiger partial charge in [0.2, 0.25) is 0 Å². The van der Waals surface area contributed by atoms with Crippen LogP contribution in [0.25, 0.3) is 0 Å². The molecule has 0 amide bonds. The Bertz CT molecular complexity index is 377. The molecule has 0 saturated heterocycles. The van der Waals surface area contributed by atoms with Crippen molar-refractivity contribution in [2.45, 2.75) is 58.5 Å². The zero-order valence-corrected chi connectivity index (χ0v) is 12.3. The summed E-state index contributed by atoms with van der Waals surface area (Å²) in [5.74, 6) is 1.88. The molecule has 19 heavy (non-hydrogen) atoms. The number of hydrogen-bond donors (Lipinski definition) is 1. The van der Waals surface area contributed by atoms with Gasteiger partial charge in [0.15, 0.2) is 0 Å². The Morgan fingerprint density at radius 3 is 2.74 bits per heavy atom. The molecular formula is C17H27NO. The van der Waals surface area contributed by atoms with Gasteiger partial charge in [-0.3, -0.25) is 0 Å². The van der Waals surface area contributed by atoms with E-state index in [-0.39, 0.29) is 0 Å². The third-order valence-electron chi connectivity index (χ3n) is 4.26. The summed E-state index contributed by atoms with van der Waals surface area (Å²) in [6, 6.07) is 9.07. The second kappa shape index (κ2) is 7.54. The average molecular weight is 261 g/mol. The maximum absolute atomic E-state index is 5.69. The highest BCUT2D eigenvalue weighted by Crippen LogP contribution is 2.27. The molecule has 2 heteroatoms. The number of para-hydroxylation sites is 1. The molecule has 1 aliphatic rings. The van der Waals surface area contributed by atoms with Crippen molar-refractivity contribution in [2.24, 2.45) is 5.92 Å². The van der Waals surface area contributed by atoms with E-state index >= 15 is 0 Å². The van der Waals surface area contributed by atoms with Gasteiger partial charge in [0.05, 0.1) is 6.61 Å². The summed E-state index contributed by atoms with van der Waals surface area (Å²) in [5, 5.41) is 3.76. The Morgan fingerprint density at radius 1 is 1.16 bits per heavy atom. The highest BCUT2D eigenvalue weighted by atomic mass is 16.5. The zero-order chi connectivity index (χ0) is 13.5. The zero-order valence-electron chi connectivity index (χ0n) is 12.3. The first-order chi connectivity index (χ1) is 9.35. The highest BCUT2D eigenvalue weighted by molar-refractivity contribution is 5.33. The van der Waals surface area contributed by atoms with Gasteiger partial charge in [-0.1, -0.05) is 44.4 Å². The Hall–Kier alpha value is -1.02. The van der Waals surface area contributed by atoms with Gasteiger partial charge in [0.1, 0.15) is 5.75 Å². The molecule has 1 fully saturated rings. The van der Waals surface area contributed by atoms with Crippen LogP contribution in [0.3, 0.4) is 0 Å². The summed E-state index contributed by atoms with van der Waals surface area (Å²) in [7, 11) is 0. The third-order valence-corrected chi connectivity index (χ3v) is 4.26. The molecule has 0 heterocycles. The maximum atomic E-state index is 5.69. The van der Waals surface area contributed by atoms with Crippen molar-refractivity contribution in [3.05, 3.63) is 29.8 Å². The van der Waals surface area contributed by atoms with Crippen LogP contribution in [0.1, 0.15) is 51.5 Å². The number of benzene rings is 1. The second-order valence-electron chi connectivity index (χ2n) is 5.48. The molecule has 2 nitrogen and oxygen atoms in total. The number of rotatable bonds is 6. The van der Waals surface area contributed by atoms with Crippen LogP contribution >= 0.6 is 0 Å². The molecule has 0 aromatic heterocycles. The van der Waals surface area contributed by atoms with Crippen LogP contribution in [0.4, 0.5) is 0 Å². The lowest BCUT2D eigenvalue weighted by Crippen LogP contribution is -2.37. The molecule has 1 aromatic carbocycles. The maximum Gasteiger partial charge on any atom is 0.123 e. The molecule has 0 bridgehead atoms. The van der Waals surface area contributed by atoms with E-state index in [0.717, 1.165) is 24.8 Å². The van der Waals surface area contributed by atoms with Gasteiger partial charge in [0.25, 0.3) is 0 Å². The summed E-state index contributed by atoms with van der Waals surface area (Å²) in [4.78, 5) is 0. The molecule has 2 rings (SSSR count). The van der Waals surface area contributed by atoms with E-state index in [1.165, 1.54) is 37.7 Å². The minimum absolute atomic E-state index is 0.688. The van der Waals surface area contributed by atoms with Crippen LogP contribution in [-0.2, 0) is 6.54 Å². The minimum Gasteiger partial charge on any atom is -0.494 e. The van der Waals surface area contributed by atoms with Crippen molar-refractivity contribution in [2.75, 3.05) is 6.61 Å². The summed E-state index contributed by atoms with van der Waals surface area (Å²) >= 11 is 0. The summed E-state index contributed by atoms with van der Waals surface area (Å²) in [5.41, 5.74) is 1.28. The van der Waals surface area contributed by atoms with Gasteiger partial charge >= 0.3 is 0 Å². The summed E-state index contributed by atoms with van der Waals surface area (Å²) in [6.45, 7) is 6.02. The first-order valence-corrected chi connectivity index (χ1v) is 7.79. The smallest absolute Gasteiger partial charge is 0.123 e. The molecule has 1 aliphatic carbocycles. The molecule has 106 valence electrons. The van der Waals surface area contributed by atoms with E-state index in [0.29, 0.717) is 6.04 Å². The fourth-order valence-electron chi connectivity index (χ4n) is 3.15. The molecular weight excluding hydrogens is 234 g/mol. The molecule has 0 radical (unpaired) electrons. The van der Waals surface area contributed by atoms with Crippen LogP contribution in [0.15, 0.2) is 24.3 Å². The van der Waals surface area contributed by atoms with E-state index < -0.39 is 0 Å². The number of nitrogens with one attached hydrogen (secondary N) is 1. The highest BCUT2D eigenvalue weighted by Gasteiger charge is 2.23. The van der Waals surface area contributed by atoms with Crippen LogP contribution < -0.4 is 10.1 Å². The summed E-state index contributed by atoms with van der Waals surface area (Å²) in [6.07, 6.45) is 6.80. The molecule has 1 aromatic rings. The predicted octanol–water partition coefficient (Wildman–Crippen LogP) is 4.14. The minimum atomic E-state index is 0.688. The Morgan fingerprint density at radius 2 is 1.95 bits per heavy atom. The molecule has 2 unspecified atom stereocenters. The van der Waals surface area contributed by atoms with Crippen molar-refractivity contribution < 1.29 is 4.74 Å². The van der Waals surface area contributed by atoms with Gasteiger partial charge in [-0.25, -0.2) is 0 Å². The Labute approximate surface area is 117 Å². The predicted molar refractivity (Wildman–Crippen MR) is 80.5 cm³/mol. The van der Waals surface area contributed by atoms with E-state index in [9.17, 15) is 0 Å². The van der Waals surface area contributed by atoms with E-state index in [2.05, 4.69) is 30.4 Å². The monoisotopic (exact) mass is 261 g/mol. The van der Waals surface area contributed by atoms with Crippen molar-refractivity contribution in [3.8, 4) is 5.75 Å². The summed E-state index contributed by atoms with van der Waals surface area (Å²) < 4.78 is 5.69. The first-order valence-electron chi connectivity index (χ1n) is 7.79. The van der Waals surface area contributed by atoms with Crippen LogP contribution in [0.2, 0.25) is 0 Å². The standard InChI is InChI=1S/C17H27NO/c1-3-14-9-5-7-11-16(14)18-13-15-10-6-8-12-17(15)19-4-2/h6,8,10,12,14,16,18H,3-5,7,9,11,13H2,1-2H3. The van der Waals surface area contributed by atoms with Crippen LogP contribution in [-0.4, -0.2) is 12.6 Å². The Balaban J connectivity index is 1.93. The van der Waals surface area contributed by atoms with Crippen molar-refractivity contribution >= 4 is 0 Å². The molecule has 0 spiro atoms. The SMILES string of the molecule is CCOc1ccccc1CNC1CCCCC1CC. The fraction of sp³-hybridized carbons (Fsp3) is 0.647. The number of hydrogen-bond acceptors (Lipinski definition) is 2. The van der Waals surface area contributed by atoms with E-state index in [4.69, 9.17) is 4.74 Å². The molecule has 1 N–H and O–H groups in total. The van der Waals surface area contributed by atoms with Crippen molar-refractivity contribution in [1.82, 2.24) is 5.32 Å². The van der Waals surface area contributed by atoms with E-state index in [1.807, 2.05) is 13.0 Å². The van der Waals surface area contributed by atoms with Crippen molar-refractivity contribution in [3.63, 3.8) is 0 Å². The average Bonchev–Trinajstić information content (AvgIpc) is 2.47. The van der Waals surface area contributed by atoms with Gasteiger partial charge < -0.3 is 10.1 Å². The topological polar surface area (TPSA) is 21.3 Å². The van der Waals surface area contributed by atoms with E-state index in [1.54, 1.807) is 0 Å². The van der Waals surface area contributed by atoms with Crippen LogP contribution in [0.5, 0.6) is 5.75 Å². The second-order valence-corrected chi connectivity index (χ2v) is 5.48. The van der Waals surface area contributed by atoms with Gasteiger partial charge in [0, 0.05) is 18.2 Å². The quantitative estimate of drug-likeness (QED) is 0.831. The largest absolute Gasteiger partial charge is 0.494 e. The first kappa shape index (κ1) is 14.4. The van der Waals surface area contributed by atoms with Gasteiger partial charge in [-0.15, -0.1) is 0 Å². The lowest BCUT2D eigenvalue weighted by molar-refractivity contribution is 0.253. The lowest BCUT2D eigenvalue weighted by atomic mass is 9.83. The third kappa shape index (κ3) is 3.97. The van der Waals surface area contributed by atoms with Crippen molar-refractivity contribution in [1.29, 1.82) is 0 Å². The number of ether oxygens (including phenoxy) is 1.